The fourth-order valence-electron chi connectivity index (χ4n) is 4.31. The summed E-state index contributed by atoms with van der Waals surface area (Å²) in [6.45, 7) is 9.49. The fourth-order valence-corrected chi connectivity index (χ4v) is 6.03. The summed E-state index contributed by atoms with van der Waals surface area (Å²) in [7, 11) is -4.08. The van der Waals surface area contributed by atoms with Gasteiger partial charge in [-0.15, -0.1) is 0 Å². The molecule has 1 aromatic heterocycles. The largest absolute Gasteiger partial charge is 0.494 e. The van der Waals surface area contributed by atoms with E-state index < -0.39 is 10.0 Å². The van der Waals surface area contributed by atoms with E-state index in [1.54, 1.807) is 38.1 Å². The van der Waals surface area contributed by atoms with Crippen LogP contribution in [0.1, 0.15) is 51.5 Å². The molecular weight excluding hydrogens is 430 g/mol. The lowest BCUT2D eigenvalue weighted by molar-refractivity contribution is -0.121. The number of nitrogens with one attached hydrogen (secondary N) is 1. The normalized spacial score (nSPS) is 21.2. The molecule has 0 unspecified atom stereocenters. The SMILES string of the molecule is CCOc1ccc(N(CC(=O)N[C@@H]2CCC[C@H](C)[C@H]2C)S(=O)(=O)c2c(C)noc2C)cc1. The van der Waals surface area contributed by atoms with E-state index in [0.29, 0.717) is 29.9 Å². The molecule has 0 bridgehead atoms. The summed E-state index contributed by atoms with van der Waals surface area (Å²) < 4.78 is 38.9. The summed E-state index contributed by atoms with van der Waals surface area (Å²) in [6, 6.07) is 6.70. The molecule has 1 aliphatic rings. The predicted molar refractivity (Wildman–Crippen MR) is 122 cm³/mol. The minimum atomic E-state index is -4.08. The molecule has 0 spiro atoms. The third-order valence-electron chi connectivity index (χ3n) is 6.29. The lowest BCUT2D eigenvalue weighted by Gasteiger charge is -2.35. The Morgan fingerprint density at radius 3 is 2.50 bits per heavy atom. The zero-order chi connectivity index (χ0) is 23.5. The number of amides is 1. The topological polar surface area (TPSA) is 102 Å². The average Bonchev–Trinajstić information content (AvgIpc) is 3.09. The van der Waals surface area contributed by atoms with Crippen LogP contribution >= 0.6 is 0 Å². The maximum absolute atomic E-state index is 13.6. The van der Waals surface area contributed by atoms with Crippen molar-refractivity contribution in [3.8, 4) is 5.75 Å². The number of hydrogen-bond donors (Lipinski definition) is 1. The summed E-state index contributed by atoms with van der Waals surface area (Å²) in [5, 5.41) is 6.86. The Bertz CT molecular complexity index is 1010. The summed E-state index contributed by atoms with van der Waals surface area (Å²) in [5.74, 6) is 1.34. The molecular formula is C23H33N3O5S. The maximum atomic E-state index is 13.6. The molecule has 9 heteroatoms. The van der Waals surface area contributed by atoms with E-state index >= 15 is 0 Å². The maximum Gasteiger partial charge on any atom is 0.270 e. The average molecular weight is 464 g/mol. The second-order valence-corrected chi connectivity index (χ2v) is 10.3. The minimum absolute atomic E-state index is 0.0150. The van der Waals surface area contributed by atoms with Gasteiger partial charge in [-0.1, -0.05) is 31.8 Å². The molecule has 176 valence electrons. The van der Waals surface area contributed by atoms with E-state index in [1.807, 2.05) is 6.92 Å². The van der Waals surface area contributed by atoms with Crippen LogP contribution in [0.2, 0.25) is 0 Å². The monoisotopic (exact) mass is 463 g/mol. The Morgan fingerprint density at radius 1 is 1.22 bits per heavy atom. The molecule has 1 saturated carbocycles. The minimum Gasteiger partial charge on any atom is -0.494 e. The van der Waals surface area contributed by atoms with Crippen molar-refractivity contribution in [1.29, 1.82) is 0 Å². The van der Waals surface area contributed by atoms with Gasteiger partial charge in [0.15, 0.2) is 10.7 Å². The molecule has 1 N–H and O–H groups in total. The van der Waals surface area contributed by atoms with Crippen molar-refractivity contribution in [3.63, 3.8) is 0 Å². The van der Waals surface area contributed by atoms with Gasteiger partial charge in [0, 0.05) is 6.04 Å². The number of rotatable bonds is 8. The van der Waals surface area contributed by atoms with E-state index in [-0.39, 0.29) is 34.8 Å². The third kappa shape index (κ3) is 5.09. The lowest BCUT2D eigenvalue weighted by atomic mass is 9.78. The molecule has 1 aromatic carbocycles. The molecule has 0 saturated heterocycles. The molecule has 1 aliphatic carbocycles. The van der Waals surface area contributed by atoms with Crippen LogP contribution in [-0.4, -0.2) is 38.7 Å². The first-order valence-corrected chi connectivity index (χ1v) is 12.6. The second kappa shape index (κ2) is 9.94. The molecule has 1 fully saturated rings. The third-order valence-corrected chi connectivity index (χ3v) is 8.31. The van der Waals surface area contributed by atoms with Crippen LogP contribution < -0.4 is 14.4 Å². The highest BCUT2D eigenvalue weighted by molar-refractivity contribution is 7.93. The van der Waals surface area contributed by atoms with E-state index in [1.165, 1.54) is 0 Å². The van der Waals surface area contributed by atoms with Crippen LogP contribution in [0.25, 0.3) is 0 Å². The van der Waals surface area contributed by atoms with Crippen molar-refractivity contribution in [2.45, 2.75) is 64.8 Å². The second-order valence-electron chi connectivity index (χ2n) is 8.53. The molecule has 32 heavy (non-hydrogen) atoms. The van der Waals surface area contributed by atoms with E-state index in [4.69, 9.17) is 9.26 Å². The van der Waals surface area contributed by atoms with Crippen LogP contribution in [0.15, 0.2) is 33.7 Å². The number of carbonyl (C=O) groups is 1. The first-order valence-electron chi connectivity index (χ1n) is 11.1. The van der Waals surface area contributed by atoms with Crippen LogP contribution in [0.4, 0.5) is 5.69 Å². The fraction of sp³-hybridized carbons (Fsp3) is 0.565. The number of anilines is 1. The Labute approximate surface area is 190 Å². The number of ether oxygens (including phenoxy) is 1. The Balaban J connectivity index is 1.91. The predicted octanol–water partition coefficient (Wildman–Crippen LogP) is 3.83. The molecule has 0 aliphatic heterocycles. The van der Waals surface area contributed by atoms with Crippen molar-refractivity contribution in [3.05, 3.63) is 35.7 Å². The van der Waals surface area contributed by atoms with Gasteiger partial charge in [-0.05, 0) is 63.3 Å². The standard InChI is InChI=1S/C23H33N3O5S/c1-6-30-20-12-10-19(11-13-20)26(32(28,29)23-17(4)25-31-18(23)5)14-22(27)24-21-9-7-8-15(2)16(21)3/h10-13,15-16,21H,6-9,14H2,1-5H3,(H,24,27)/t15-,16+,21+/m0/s1. The van der Waals surface area contributed by atoms with Crippen molar-refractivity contribution in [1.82, 2.24) is 10.5 Å². The van der Waals surface area contributed by atoms with Crippen molar-refractivity contribution >= 4 is 21.6 Å². The highest BCUT2D eigenvalue weighted by Gasteiger charge is 2.34. The summed E-state index contributed by atoms with van der Waals surface area (Å²) in [5.41, 5.74) is 0.627. The highest BCUT2D eigenvalue weighted by atomic mass is 32.2. The summed E-state index contributed by atoms with van der Waals surface area (Å²) in [6.07, 6.45) is 3.10. The number of carbonyl (C=O) groups excluding carboxylic acids is 1. The lowest BCUT2D eigenvalue weighted by Crippen LogP contribution is -2.48. The summed E-state index contributed by atoms with van der Waals surface area (Å²) in [4.78, 5) is 13.0. The first-order chi connectivity index (χ1) is 15.1. The van der Waals surface area contributed by atoms with Gasteiger partial charge >= 0.3 is 0 Å². The Morgan fingerprint density at radius 2 is 1.91 bits per heavy atom. The molecule has 1 amide bonds. The zero-order valence-electron chi connectivity index (χ0n) is 19.4. The Hall–Kier alpha value is -2.55. The number of sulfonamides is 1. The molecule has 8 nitrogen and oxygen atoms in total. The molecule has 1 heterocycles. The van der Waals surface area contributed by atoms with Crippen LogP contribution in [0, 0.1) is 25.7 Å². The van der Waals surface area contributed by atoms with E-state index in [0.717, 1.165) is 23.6 Å². The van der Waals surface area contributed by atoms with Gasteiger partial charge in [-0.2, -0.15) is 0 Å². The van der Waals surface area contributed by atoms with Gasteiger partial charge < -0.3 is 14.6 Å². The number of aryl methyl sites for hydroxylation is 2. The smallest absolute Gasteiger partial charge is 0.270 e. The number of benzene rings is 1. The van der Waals surface area contributed by atoms with Crippen molar-refractivity contribution < 1.29 is 22.5 Å². The van der Waals surface area contributed by atoms with Gasteiger partial charge in [-0.25, -0.2) is 8.42 Å². The number of nitrogens with zero attached hydrogens (tertiary/aromatic N) is 2. The summed E-state index contributed by atoms with van der Waals surface area (Å²) >= 11 is 0. The van der Waals surface area contributed by atoms with E-state index in [9.17, 15) is 13.2 Å². The van der Waals surface area contributed by atoms with Crippen molar-refractivity contribution in [2.24, 2.45) is 11.8 Å². The zero-order valence-corrected chi connectivity index (χ0v) is 20.2. The van der Waals surface area contributed by atoms with Crippen LogP contribution in [0.5, 0.6) is 5.75 Å². The number of aromatic nitrogens is 1. The van der Waals surface area contributed by atoms with Gasteiger partial charge in [0.1, 0.15) is 18.0 Å². The quantitative estimate of drug-likeness (QED) is 0.638. The highest BCUT2D eigenvalue weighted by Crippen LogP contribution is 2.31. The van der Waals surface area contributed by atoms with Gasteiger partial charge in [0.25, 0.3) is 10.0 Å². The van der Waals surface area contributed by atoms with Crippen LogP contribution in [0.3, 0.4) is 0 Å². The van der Waals surface area contributed by atoms with E-state index in [2.05, 4.69) is 24.3 Å². The van der Waals surface area contributed by atoms with Gasteiger partial charge in [0.2, 0.25) is 5.91 Å². The molecule has 3 rings (SSSR count). The first kappa shape index (κ1) is 24.1. The molecule has 3 atom stereocenters. The molecule has 0 radical (unpaired) electrons. The van der Waals surface area contributed by atoms with Crippen LogP contribution in [-0.2, 0) is 14.8 Å². The Kier molecular flexibility index (Phi) is 7.48. The van der Waals surface area contributed by atoms with Gasteiger partial charge in [0.05, 0.1) is 12.3 Å². The van der Waals surface area contributed by atoms with Gasteiger partial charge in [-0.3, -0.25) is 9.10 Å². The number of hydrogen-bond acceptors (Lipinski definition) is 6. The molecule has 2 aromatic rings. The van der Waals surface area contributed by atoms with Crippen molar-refractivity contribution in [2.75, 3.05) is 17.5 Å².